The fourth-order valence-corrected chi connectivity index (χ4v) is 2.29. The third kappa shape index (κ3) is 4.47. The molecule has 25 heavy (non-hydrogen) atoms. The molecule has 0 aliphatic heterocycles. The van der Waals surface area contributed by atoms with Crippen LogP contribution < -0.4 is 15.4 Å². The third-order valence-corrected chi connectivity index (χ3v) is 3.94. The Bertz CT molecular complexity index is 805. The fourth-order valence-electron chi connectivity index (χ4n) is 2.29. The standard InChI is InChI=1S/C18H21N3O4/c1-11-5-6-14(9-12(11)2)19-13(3)18(22)20-16-10-15(21(23)24)7-8-17(16)25-4/h5-10,13,19H,1-4H3,(H,20,22). The minimum Gasteiger partial charge on any atom is -0.495 e. The molecule has 0 fully saturated rings. The highest BCUT2D eigenvalue weighted by molar-refractivity contribution is 5.97. The first-order valence-electron chi connectivity index (χ1n) is 7.79. The Hall–Kier alpha value is -3.09. The molecule has 2 rings (SSSR count). The molecule has 0 aromatic heterocycles. The van der Waals surface area contributed by atoms with Gasteiger partial charge in [0.15, 0.2) is 0 Å². The molecule has 2 N–H and O–H groups in total. The maximum atomic E-state index is 12.4. The zero-order valence-electron chi connectivity index (χ0n) is 14.6. The molecule has 1 atom stereocenters. The number of hydrogen-bond donors (Lipinski definition) is 2. The van der Waals surface area contributed by atoms with E-state index in [4.69, 9.17) is 4.74 Å². The quantitative estimate of drug-likeness (QED) is 0.617. The summed E-state index contributed by atoms with van der Waals surface area (Å²) in [7, 11) is 1.44. The number of rotatable bonds is 6. The molecule has 2 aromatic carbocycles. The molecular formula is C18H21N3O4. The zero-order chi connectivity index (χ0) is 18.6. The number of nitro groups is 1. The molecule has 0 bridgehead atoms. The lowest BCUT2D eigenvalue weighted by Crippen LogP contribution is -2.32. The number of carbonyl (C=O) groups is 1. The monoisotopic (exact) mass is 343 g/mol. The molecular weight excluding hydrogens is 322 g/mol. The van der Waals surface area contributed by atoms with Crippen LogP contribution in [0.2, 0.25) is 0 Å². The predicted octanol–water partition coefficient (Wildman–Crippen LogP) is 3.66. The highest BCUT2D eigenvalue weighted by Crippen LogP contribution is 2.29. The van der Waals surface area contributed by atoms with Crippen LogP contribution in [0.4, 0.5) is 17.1 Å². The van der Waals surface area contributed by atoms with Crippen molar-refractivity contribution in [3.05, 3.63) is 57.6 Å². The number of nitrogens with zero attached hydrogens (tertiary/aromatic N) is 1. The third-order valence-electron chi connectivity index (χ3n) is 3.94. The molecule has 0 aliphatic carbocycles. The van der Waals surface area contributed by atoms with Crippen LogP contribution in [0.25, 0.3) is 0 Å². The maximum absolute atomic E-state index is 12.4. The second-order valence-corrected chi connectivity index (χ2v) is 5.80. The van der Waals surface area contributed by atoms with Crippen molar-refractivity contribution in [2.24, 2.45) is 0 Å². The molecule has 7 nitrogen and oxygen atoms in total. The average Bonchev–Trinajstić information content (AvgIpc) is 2.57. The summed E-state index contributed by atoms with van der Waals surface area (Å²) in [5.74, 6) is 0.0364. The van der Waals surface area contributed by atoms with E-state index in [-0.39, 0.29) is 17.3 Å². The molecule has 0 spiro atoms. The van der Waals surface area contributed by atoms with Crippen molar-refractivity contribution in [3.8, 4) is 5.75 Å². The first-order chi connectivity index (χ1) is 11.8. The van der Waals surface area contributed by atoms with E-state index < -0.39 is 11.0 Å². The summed E-state index contributed by atoms with van der Waals surface area (Å²) < 4.78 is 5.15. The number of carbonyl (C=O) groups excluding carboxylic acids is 1. The number of methoxy groups -OCH3 is 1. The Balaban J connectivity index is 2.13. The van der Waals surface area contributed by atoms with Crippen molar-refractivity contribution in [1.82, 2.24) is 0 Å². The molecule has 2 aromatic rings. The summed E-state index contributed by atoms with van der Waals surface area (Å²) in [5.41, 5.74) is 3.26. The Kier molecular flexibility index (Phi) is 5.59. The van der Waals surface area contributed by atoms with Crippen molar-refractivity contribution in [1.29, 1.82) is 0 Å². The van der Waals surface area contributed by atoms with E-state index in [1.54, 1.807) is 6.92 Å². The van der Waals surface area contributed by atoms with Crippen molar-refractivity contribution in [2.45, 2.75) is 26.8 Å². The van der Waals surface area contributed by atoms with Gasteiger partial charge in [-0.25, -0.2) is 0 Å². The number of amides is 1. The summed E-state index contributed by atoms with van der Waals surface area (Å²) in [6.45, 7) is 5.73. The van der Waals surface area contributed by atoms with Gasteiger partial charge in [-0.05, 0) is 50.1 Å². The minimum absolute atomic E-state index is 0.120. The van der Waals surface area contributed by atoms with Gasteiger partial charge in [0.25, 0.3) is 5.69 Å². The molecule has 0 saturated carbocycles. The van der Waals surface area contributed by atoms with Gasteiger partial charge in [0.2, 0.25) is 5.91 Å². The van der Waals surface area contributed by atoms with Gasteiger partial charge in [-0.3, -0.25) is 14.9 Å². The zero-order valence-corrected chi connectivity index (χ0v) is 14.6. The summed E-state index contributed by atoms with van der Waals surface area (Å²) in [6, 6.07) is 9.37. The minimum atomic E-state index is -0.536. The van der Waals surface area contributed by atoms with Gasteiger partial charge in [-0.1, -0.05) is 6.07 Å². The normalized spacial score (nSPS) is 11.5. The van der Waals surface area contributed by atoms with Crippen LogP contribution in [0.5, 0.6) is 5.75 Å². The number of non-ortho nitro benzene ring substituents is 1. The molecule has 0 radical (unpaired) electrons. The Labute approximate surface area is 146 Å². The van der Waals surface area contributed by atoms with E-state index in [0.29, 0.717) is 5.75 Å². The van der Waals surface area contributed by atoms with Gasteiger partial charge < -0.3 is 15.4 Å². The van der Waals surface area contributed by atoms with Gasteiger partial charge in [0.1, 0.15) is 11.8 Å². The topological polar surface area (TPSA) is 93.5 Å². The van der Waals surface area contributed by atoms with E-state index in [1.807, 2.05) is 32.0 Å². The molecule has 1 amide bonds. The number of nitrogens with one attached hydrogen (secondary N) is 2. The highest BCUT2D eigenvalue weighted by atomic mass is 16.6. The smallest absolute Gasteiger partial charge is 0.271 e. The lowest BCUT2D eigenvalue weighted by Gasteiger charge is -2.17. The largest absolute Gasteiger partial charge is 0.495 e. The number of aryl methyl sites for hydroxylation is 2. The van der Waals surface area contributed by atoms with Crippen LogP contribution in [0.15, 0.2) is 36.4 Å². The van der Waals surface area contributed by atoms with Crippen LogP contribution in [0.3, 0.4) is 0 Å². The second-order valence-electron chi connectivity index (χ2n) is 5.80. The van der Waals surface area contributed by atoms with E-state index in [2.05, 4.69) is 10.6 Å². The van der Waals surface area contributed by atoms with Gasteiger partial charge in [0.05, 0.1) is 17.7 Å². The van der Waals surface area contributed by atoms with E-state index in [9.17, 15) is 14.9 Å². The second kappa shape index (κ2) is 7.65. The van der Waals surface area contributed by atoms with Gasteiger partial charge >= 0.3 is 0 Å². The summed E-state index contributed by atoms with van der Waals surface area (Å²) in [4.78, 5) is 22.8. The van der Waals surface area contributed by atoms with Crippen molar-refractivity contribution < 1.29 is 14.5 Å². The van der Waals surface area contributed by atoms with Crippen LogP contribution in [0, 0.1) is 24.0 Å². The number of benzene rings is 2. The number of ether oxygens (including phenoxy) is 1. The van der Waals surface area contributed by atoms with E-state index in [0.717, 1.165) is 11.3 Å². The average molecular weight is 343 g/mol. The SMILES string of the molecule is COc1ccc([N+](=O)[O-])cc1NC(=O)C(C)Nc1ccc(C)c(C)c1. The molecule has 0 saturated heterocycles. The van der Waals surface area contributed by atoms with E-state index >= 15 is 0 Å². The molecule has 7 heteroatoms. The summed E-state index contributed by atoms with van der Waals surface area (Å²) in [5, 5.41) is 16.7. The number of anilines is 2. The summed E-state index contributed by atoms with van der Waals surface area (Å²) in [6.07, 6.45) is 0. The van der Waals surface area contributed by atoms with Gasteiger partial charge in [-0.2, -0.15) is 0 Å². The Morgan fingerprint density at radius 1 is 1.16 bits per heavy atom. The summed E-state index contributed by atoms with van der Waals surface area (Å²) >= 11 is 0. The Morgan fingerprint density at radius 2 is 1.88 bits per heavy atom. The van der Waals surface area contributed by atoms with Crippen LogP contribution in [-0.4, -0.2) is 24.0 Å². The van der Waals surface area contributed by atoms with Gasteiger partial charge in [-0.15, -0.1) is 0 Å². The molecule has 132 valence electrons. The van der Waals surface area contributed by atoms with Crippen molar-refractivity contribution in [2.75, 3.05) is 17.7 Å². The van der Waals surface area contributed by atoms with Crippen LogP contribution >= 0.6 is 0 Å². The van der Waals surface area contributed by atoms with Crippen LogP contribution in [-0.2, 0) is 4.79 Å². The van der Waals surface area contributed by atoms with Crippen molar-refractivity contribution >= 4 is 23.0 Å². The first-order valence-corrected chi connectivity index (χ1v) is 7.79. The first kappa shape index (κ1) is 18.3. The van der Waals surface area contributed by atoms with Crippen LogP contribution in [0.1, 0.15) is 18.1 Å². The highest BCUT2D eigenvalue weighted by Gasteiger charge is 2.17. The fraction of sp³-hybridized carbons (Fsp3) is 0.278. The Morgan fingerprint density at radius 3 is 2.48 bits per heavy atom. The van der Waals surface area contributed by atoms with E-state index in [1.165, 1.54) is 30.9 Å². The predicted molar refractivity (Wildman–Crippen MR) is 97.3 cm³/mol. The maximum Gasteiger partial charge on any atom is 0.271 e. The number of nitro benzene ring substituents is 1. The van der Waals surface area contributed by atoms with Gasteiger partial charge in [0, 0.05) is 17.8 Å². The molecule has 1 unspecified atom stereocenters. The number of hydrogen-bond acceptors (Lipinski definition) is 5. The molecule has 0 aliphatic rings. The lowest BCUT2D eigenvalue weighted by atomic mass is 10.1. The lowest BCUT2D eigenvalue weighted by molar-refractivity contribution is -0.384. The van der Waals surface area contributed by atoms with Crippen molar-refractivity contribution in [3.63, 3.8) is 0 Å². The molecule has 0 heterocycles.